The highest BCUT2D eigenvalue weighted by Gasteiger charge is 2.39. The largest absolute Gasteiger partial charge is 0.330 e. The summed E-state index contributed by atoms with van der Waals surface area (Å²) in [6.07, 6.45) is 4.62. The van der Waals surface area contributed by atoms with Gasteiger partial charge in [0.05, 0.1) is 11.1 Å². The van der Waals surface area contributed by atoms with Crippen molar-refractivity contribution in [2.45, 2.75) is 24.8 Å². The number of nitrogens with zero attached hydrogens (tertiary/aromatic N) is 4. The van der Waals surface area contributed by atoms with E-state index in [1.807, 2.05) is 18.2 Å². The van der Waals surface area contributed by atoms with Gasteiger partial charge in [-0.25, -0.2) is 9.97 Å². The van der Waals surface area contributed by atoms with Gasteiger partial charge >= 0.3 is 0 Å². The minimum Gasteiger partial charge on any atom is -0.330 e. The molecule has 1 saturated carbocycles. The molecule has 0 saturated heterocycles. The van der Waals surface area contributed by atoms with Crippen LogP contribution in [0.3, 0.4) is 0 Å². The van der Waals surface area contributed by atoms with Gasteiger partial charge in [-0.3, -0.25) is 0 Å². The molecule has 7 heteroatoms. The highest BCUT2D eigenvalue weighted by molar-refractivity contribution is 9.10. The van der Waals surface area contributed by atoms with Crippen molar-refractivity contribution >= 4 is 26.8 Å². The van der Waals surface area contributed by atoms with E-state index in [1.54, 1.807) is 6.20 Å². The molecule has 4 rings (SSSR count). The van der Waals surface area contributed by atoms with E-state index in [0.29, 0.717) is 17.5 Å². The molecular formula is C14H12BrN5O. The number of halogens is 1. The van der Waals surface area contributed by atoms with Crippen LogP contribution in [0.5, 0.6) is 0 Å². The molecule has 0 atom stereocenters. The lowest BCUT2D eigenvalue weighted by atomic mass is 9.77. The zero-order valence-electron chi connectivity index (χ0n) is 11.1. The second kappa shape index (κ2) is 4.57. The lowest BCUT2D eigenvalue weighted by molar-refractivity contribution is 0.229. The lowest BCUT2D eigenvalue weighted by Crippen LogP contribution is -2.44. The molecule has 0 bridgehead atoms. The maximum atomic E-state index is 6.19. The molecule has 0 unspecified atom stereocenters. The van der Waals surface area contributed by atoms with E-state index < -0.39 is 5.54 Å². The minimum absolute atomic E-state index is 0.312. The highest BCUT2D eigenvalue weighted by atomic mass is 79.9. The van der Waals surface area contributed by atoms with Crippen LogP contribution >= 0.6 is 15.9 Å². The van der Waals surface area contributed by atoms with Crippen LogP contribution < -0.4 is 5.73 Å². The van der Waals surface area contributed by atoms with Crippen LogP contribution in [0.4, 0.5) is 0 Å². The Morgan fingerprint density at radius 3 is 2.86 bits per heavy atom. The fourth-order valence-electron chi connectivity index (χ4n) is 2.41. The van der Waals surface area contributed by atoms with Gasteiger partial charge in [-0.2, -0.15) is 4.98 Å². The first-order chi connectivity index (χ1) is 10.1. The van der Waals surface area contributed by atoms with Crippen LogP contribution in [0.2, 0.25) is 0 Å². The number of fused-ring (bicyclic) bond motifs is 1. The molecule has 0 aliphatic heterocycles. The van der Waals surface area contributed by atoms with Gasteiger partial charge in [0, 0.05) is 16.1 Å². The first-order valence-corrected chi connectivity index (χ1v) is 7.49. The summed E-state index contributed by atoms with van der Waals surface area (Å²) in [7, 11) is 0. The molecule has 1 fully saturated rings. The Morgan fingerprint density at radius 1 is 1.24 bits per heavy atom. The van der Waals surface area contributed by atoms with E-state index in [2.05, 4.69) is 36.0 Å². The molecule has 2 N–H and O–H groups in total. The molecule has 0 amide bonds. The van der Waals surface area contributed by atoms with Crippen LogP contribution in [0.25, 0.3) is 22.6 Å². The van der Waals surface area contributed by atoms with Crippen LogP contribution in [-0.2, 0) is 5.54 Å². The van der Waals surface area contributed by atoms with Gasteiger partial charge in [0.25, 0.3) is 5.89 Å². The zero-order valence-corrected chi connectivity index (χ0v) is 12.7. The predicted octanol–water partition coefficient (Wildman–Crippen LogP) is 2.78. The Bertz CT molecular complexity index is 827. The number of rotatable bonds is 2. The van der Waals surface area contributed by atoms with Gasteiger partial charge < -0.3 is 10.3 Å². The third-order valence-electron chi connectivity index (χ3n) is 3.85. The maximum absolute atomic E-state index is 6.19. The van der Waals surface area contributed by atoms with Gasteiger partial charge in [0.15, 0.2) is 5.82 Å². The average Bonchev–Trinajstić information content (AvgIpc) is 2.94. The van der Waals surface area contributed by atoms with Crippen molar-refractivity contribution in [3.63, 3.8) is 0 Å². The van der Waals surface area contributed by atoms with Crippen LogP contribution in [-0.4, -0.2) is 20.1 Å². The number of aromatic nitrogens is 4. The molecule has 3 aromatic rings. The van der Waals surface area contributed by atoms with Crippen LogP contribution in [0, 0.1) is 0 Å². The van der Waals surface area contributed by atoms with E-state index in [-0.39, 0.29) is 0 Å². The van der Waals surface area contributed by atoms with Gasteiger partial charge in [-0.05, 0) is 37.5 Å². The third-order valence-corrected chi connectivity index (χ3v) is 4.34. The normalized spacial score (nSPS) is 16.9. The van der Waals surface area contributed by atoms with Gasteiger partial charge in [0.1, 0.15) is 0 Å². The zero-order chi connectivity index (χ0) is 14.4. The summed E-state index contributed by atoms with van der Waals surface area (Å²) in [5.74, 6) is 1.28. The minimum atomic E-state index is -0.441. The Balaban J connectivity index is 1.74. The van der Waals surface area contributed by atoms with E-state index in [4.69, 9.17) is 10.3 Å². The van der Waals surface area contributed by atoms with Crippen molar-refractivity contribution in [2.75, 3.05) is 0 Å². The summed E-state index contributed by atoms with van der Waals surface area (Å²) >= 11 is 3.43. The van der Waals surface area contributed by atoms with Crippen LogP contribution in [0.1, 0.15) is 25.1 Å². The molecule has 1 aromatic carbocycles. The third kappa shape index (κ3) is 2.13. The first kappa shape index (κ1) is 12.8. The smallest absolute Gasteiger partial charge is 0.295 e. The molecule has 6 nitrogen and oxygen atoms in total. The van der Waals surface area contributed by atoms with Gasteiger partial charge in [0.2, 0.25) is 5.82 Å². The van der Waals surface area contributed by atoms with Crippen molar-refractivity contribution in [3.05, 3.63) is 34.7 Å². The summed E-state index contributed by atoms with van der Waals surface area (Å²) in [5.41, 5.74) is 6.58. The van der Waals surface area contributed by atoms with Crippen molar-refractivity contribution in [3.8, 4) is 11.7 Å². The second-order valence-electron chi connectivity index (χ2n) is 5.33. The van der Waals surface area contributed by atoms with Crippen molar-refractivity contribution in [1.82, 2.24) is 20.1 Å². The molecule has 0 spiro atoms. The van der Waals surface area contributed by atoms with Crippen molar-refractivity contribution < 1.29 is 4.52 Å². The molecule has 2 heterocycles. The predicted molar refractivity (Wildman–Crippen MR) is 80.2 cm³/mol. The Labute approximate surface area is 128 Å². The SMILES string of the molecule is NC1(c2noc(-c3ncc4cc(Br)ccc4n3)n2)CCC1. The number of hydrogen-bond acceptors (Lipinski definition) is 6. The molecule has 1 aliphatic carbocycles. The molecule has 0 radical (unpaired) electrons. The summed E-state index contributed by atoms with van der Waals surface area (Å²) in [6, 6.07) is 5.81. The molecule has 21 heavy (non-hydrogen) atoms. The quantitative estimate of drug-likeness (QED) is 0.767. The fraction of sp³-hybridized carbons (Fsp3) is 0.286. The topological polar surface area (TPSA) is 90.7 Å². The lowest BCUT2D eigenvalue weighted by Gasteiger charge is -2.34. The van der Waals surface area contributed by atoms with Crippen molar-refractivity contribution in [2.24, 2.45) is 5.73 Å². The summed E-state index contributed by atoms with van der Waals surface area (Å²) < 4.78 is 6.26. The second-order valence-corrected chi connectivity index (χ2v) is 6.25. The fourth-order valence-corrected chi connectivity index (χ4v) is 2.78. The average molecular weight is 346 g/mol. The molecule has 2 aromatic heterocycles. The van der Waals surface area contributed by atoms with Gasteiger partial charge in [-0.1, -0.05) is 21.1 Å². The Kier molecular flexibility index (Phi) is 2.80. The molecule has 1 aliphatic rings. The van der Waals surface area contributed by atoms with E-state index in [0.717, 1.165) is 34.6 Å². The van der Waals surface area contributed by atoms with Crippen LogP contribution in [0.15, 0.2) is 33.4 Å². The highest BCUT2D eigenvalue weighted by Crippen LogP contribution is 2.37. The number of benzene rings is 1. The van der Waals surface area contributed by atoms with E-state index >= 15 is 0 Å². The molecule has 106 valence electrons. The van der Waals surface area contributed by atoms with Crippen molar-refractivity contribution in [1.29, 1.82) is 0 Å². The number of nitrogens with two attached hydrogens (primary N) is 1. The number of hydrogen-bond donors (Lipinski definition) is 1. The first-order valence-electron chi connectivity index (χ1n) is 6.70. The summed E-state index contributed by atoms with van der Waals surface area (Å²) in [5, 5.41) is 4.93. The Morgan fingerprint density at radius 2 is 2.10 bits per heavy atom. The van der Waals surface area contributed by atoms with E-state index in [1.165, 1.54) is 0 Å². The maximum Gasteiger partial charge on any atom is 0.295 e. The monoisotopic (exact) mass is 345 g/mol. The standard InChI is InChI=1S/C14H12BrN5O/c15-9-2-3-10-8(6-9)7-17-11(18-10)12-19-13(20-21-12)14(16)4-1-5-14/h2-3,6-7H,1,4-5,16H2. The summed E-state index contributed by atoms with van der Waals surface area (Å²) in [4.78, 5) is 13.1. The summed E-state index contributed by atoms with van der Waals surface area (Å²) in [6.45, 7) is 0. The van der Waals surface area contributed by atoms with Gasteiger partial charge in [-0.15, -0.1) is 0 Å². The molecular weight excluding hydrogens is 334 g/mol. The van der Waals surface area contributed by atoms with E-state index in [9.17, 15) is 0 Å². The Hall–Kier alpha value is -1.86.